The van der Waals surface area contributed by atoms with E-state index in [-0.39, 0.29) is 11.9 Å². The monoisotopic (exact) mass is 392 g/mol. The maximum absolute atomic E-state index is 13.1. The lowest BCUT2D eigenvalue weighted by atomic mass is 10.0. The Kier molecular flexibility index (Phi) is 5.51. The summed E-state index contributed by atoms with van der Waals surface area (Å²) in [7, 11) is 1.90. The lowest BCUT2D eigenvalue weighted by Crippen LogP contribution is -2.40. The van der Waals surface area contributed by atoms with Gasteiger partial charge in [0, 0.05) is 11.9 Å². The van der Waals surface area contributed by atoms with Gasteiger partial charge in [-0.05, 0) is 59.6 Å². The summed E-state index contributed by atoms with van der Waals surface area (Å²) in [6.45, 7) is 2.67. The van der Waals surface area contributed by atoms with Crippen molar-refractivity contribution in [3.63, 3.8) is 0 Å². The Morgan fingerprint density at radius 1 is 1.22 bits per heavy atom. The van der Waals surface area contributed by atoms with Crippen LogP contribution < -0.4 is 0 Å². The van der Waals surface area contributed by atoms with Crippen LogP contribution in [0.1, 0.15) is 29.3 Å². The first-order valence-electron chi connectivity index (χ1n) is 7.93. The summed E-state index contributed by atoms with van der Waals surface area (Å²) >= 11 is 5.17. The second-order valence-electron chi connectivity index (χ2n) is 5.96. The van der Waals surface area contributed by atoms with Gasteiger partial charge in [-0.3, -0.25) is 9.69 Å². The van der Waals surface area contributed by atoms with Crippen LogP contribution in [0.2, 0.25) is 0 Å². The lowest BCUT2D eigenvalue weighted by Gasteiger charge is -2.30. The van der Waals surface area contributed by atoms with Crippen LogP contribution in [0.15, 0.2) is 46.3 Å². The van der Waals surface area contributed by atoms with E-state index in [1.807, 2.05) is 36.2 Å². The van der Waals surface area contributed by atoms with Gasteiger partial charge < -0.3 is 4.90 Å². The molecule has 5 heteroatoms. The second-order valence-corrected chi connectivity index (χ2v) is 8.50. The fraction of sp³-hybridized carbons (Fsp3) is 0.389. The molecule has 1 aliphatic rings. The number of benzene rings is 1. The van der Waals surface area contributed by atoms with Crippen molar-refractivity contribution in [2.75, 3.05) is 20.1 Å². The average Bonchev–Trinajstić information content (AvgIpc) is 3.21. The molecule has 1 atom stereocenters. The highest BCUT2D eigenvalue weighted by Crippen LogP contribution is 2.28. The van der Waals surface area contributed by atoms with Gasteiger partial charge >= 0.3 is 0 Å². The van der Waals surface area contributed by atoms with Crippen molar-refractivity contribution in [2.24, 2.45) is 0 Å². The lowest BCUT2D eigenvalue weighted by molar-refractivity contribution is -0.136. The molecule has 1 aromatic heterocycles. The van der Waals surface area contributed by atoms with Crippen LogP contribution in [-0.4, -0.2) is 35.8 Å². The molecule has 1 aromatic carbocycles. The maximum atomic E-state index is 13.1. The normalized spacial score (nSPS) is 16.4. The van der Waals surface area contributed by atoms with E-state index < -0.39 is 0 Å². The topological polar surface area (TPSA) is 23.6 Å². The minimum Gasteiger partial charge on any atom is -0.339 e. The van der Waals surface area contributed by atoms with Gasteiger partial charge in [-0.1, -0.05) is 30.3 Å². The highest BCUT2D eigenvalue weighted by molar-refractivity contribution is 9.11. The van der Waals surface area contributed by atoms with Crippen molar-refractivity contribution in [1.29, 1.82) is 0 Å². The number of halogens is 1. The third-order valence-electron chi connectivity index (χ3n) is 4.25. The average molecular weight is 393 g/mol. The Balaban J connectivity index is 1.79. The molecule has 122 valence electrons. The van der Waals surface area contributed by atoms with Crippen LogP contribution in [0.3, 0.4) is 0 Å². The molecule has 0 N–H and O–H groups in total. The van der Waals surface area contributed by atoms with Gasteiger partial charge in [-0.25, -0.2) is 0 Å². The van der Waals surface area contributed by atoms with E-state index in [4.69, 9.17) is 0 Å². The molecule has 1 fully saturated rings. The zero-order valence-electron chi connectivity index (χ0n) is 13.2. The first-order valence-corrected chi connectivity index (χ1v) is 9.54. The highest BCUT2D eigenvalue weighted by Gasteiger charge is 2.31. The second kappa shape index (κ2) is 7.60. The van der Waals surface area contributed by atoms with E-state index >= 15 is 0 Å². The predicted molar refractivity (Wildman–Crippen MR) is 98.5 cm³/mol. The number of thiophene rings is 1. The Hall–Kier alpha value is -1.17. The largest absolute Gasteiger partial charge is 0.339 e. The summed E-state index contributed by atoms with van der Waals surface area (Å²) in [6.07, 6.45) is 2.36. The molecule has 2 aromatic rings. The molecule has 0 aliphatic carbocycles. The van der Waals surface area contributed by atoms with Crippen LogP contribution in [0.5, 0.6) is 0 Å². The Bertz CT molecular complexity index is 652. The van der Waals surface area contributed by atoms with Crippen LogP contribution >= 0.6 is 27.3 Å². The summed E-state index contributed by atoms with van der Waals surface area (Å²) in [6, 6.07) is 14.1. The van der Waals surface area contributed by atoms with Gasteiger partial charge in [-0.15, -0.1) is 11.3 Å². The van der Waals surface area contributed by atoms with Gasteiger partial charge in [0.25, 0.3) is 0 Å². The number of likely N-dealkylation sites (N-methyl/N-ethyl adjacent to an activating group) is 1. The third-order valence-corrected chi connectivity index (χ3v) is 5.86. The number of hydrogen-bond donors (Lipinski definition) is 0. The van der Waals surface area contributed by atoms with Gasteiger partial charge in [-0.2, -0.15) is 0 Å². The minimum absolute atomic E-state index is 0.160. The van der Waals surface area contributed by atoms with E-state index in [0.717, 1.165) is 22.4 Å². The fourth-order valence-electron chi connectivity index (χ4n) is 3.10. The Morgan fingerprint density at radius 3 is 2.52 bits per heavy atom. The van der Waals surface area contributed by atoms with Crippen molar-refractivity contribution >= 4 is 33.2 Å². The summed E-state index contributed by atoms with van der Waals surface area (Å²) in [4.78, 5) is 18.5. The van der Waals surface area contributed by atoms with Gasteiger partial charge in [0.05, 0.1) is 10.3 Å². The molecule has 1 aliphatic heterocycles. The number of carbonyl (C=O) groups is 1. The smallest absolute Gasteiger partial charge is 0.244 e. The Morgan fingerprint density at radius 2 is 1.91 bits per heavy atom. The standard InChI is InChI=1S/C18H21BrN2OS/c1-20(13-15-9-10-16(19)23-15)18(22)17(21-11-5-6-12-21)14-7-3-2-4-8-14/h2-4,7-10,17H,5-6,11-13H2,1H3. The molecule has 3 rings (SSSR count). The molecule has 1 amide bonds. The van der Waals surface area contributed by atoms with Crippen LogP contribution in [0.25, 0.3) is 0 Å². The molecule has 0 bridgehead atoms. The SMILES string of the molecule is CN(Cc1ccc(Br)s1)C(=O)C(c1ccccc1)N1CCCC1. The molecule has 0 spiro atoms. The summed E-state index contributed by atoms with van der Waals surface area (Å²) < 4.78 is 1.10. The molecule has 0 radical (unpaired) electrons. The summed E-state index contributed by atoms with van der Waals surface area (Å²) in [5, 5.41) is 0. The first kappa shape index (κ1) is 16.7. The molecule has 1 saturated heterocycles. The molecule has 0 saturated carbocycles. The van der Waals surface area contributed by atoms with Gasteiger partial charge in [0.2, 0.25) is 5.91 Å². The number of carbonyl (C=O) groups excluding carboxylic acids is 1. The number of rotatable bonds is 5. The first-order chi connectivity index (χ1) is 11.1. The van der Waals surface area contributed by atoms with E-state index in [0.29, 0.717) is 6.54 Å². The zero-order chi connectivity index (χ0) is 16.2. The van der Waals surface area contributed by atoms with Crippen LogP contribution in [0, 0.1) is 0 Å². The van der Waals surface area contributed by atoms with Crippen molar-refractivity contribution in [3.8, 4) is 0 Å². The number of hydrogen-bond acceptors (Lipinski definition) is 3. The van der Waals surface area contributed by atoms with E-state index in [1.54, 1.807) is 11.3 Å². The quantitative estimate of drug-likeness (QED) is 0.756. The Labute approximate surface area is 150 Å². The van der Waals surface area contributed by atoms with Crippen molar-refractivity contribution in [3.05, 3.63) is 56.7 Å². The fourth-order valence-corrected chi connectivity index (χ4v) is 4.64. The third kappa shape index (κ3) is 4.03. The summed E-state index contributed by atoms with van der Waals surface area (Å²) in [5.41, 5.74) is 1.10. The minimum atomic E-state index is -0.160. The number of amides is 1. The van der Waals surface area contributed by atoms with Crippen molar-refractivity contribution in [1.82, 2.24) is 9.80 Å². The predicted octanol–water partition coefficient (Wildman–Crippen LogP) is 4.31. The van der Waals surface area contributed by atoms with Crippen molar-refractivity contribution < 1.29 is 4.79 Å². The van der Waals surface area contributed by atoms with E-state index in [9.17, 15) is 4.79 Å². The molecule has 1 unspecified atom stereocenters. The van der Waals surface area contributed by atoms with Gasteiger partial charge in [0.15, 0.2) is 0 Å². The molecule has 2 heterocycles. The van der Waals surface area contributed by atoms with E-state index in [2.05, 4.69) is 39.0 Å². The maximum Gasteiger partial charge on any atom is 0.244 e. The molecule has 3 nitrogen and oxygen atoms in total. The van der Waals surface area contributed by atoms with E-state index in [1.165, 1.54) is 17.7 Å². The van der Waals surface area contributed by atoms with Crippen LogP contribution in [0.4, 0.5) is 0 Å². The highest BCUT2D eigenvalue weighted by atomic mass is 79.9. The van der Waals surface area contributed by atoms with Gasteiger partial charge in [0.1, 0.15) is 6.04 Å². The number of nitrogens with zero attached hydrogens (tertiary/aromatic N) is 2. The van der Waals surface area contributed by atoms with Crippen LogP contribution in [-0.2, 0) is 11.3 Å². The van der Waals surface area contributed by atoms with Crippen molar-refractivity contribution in [2.45, 2.75) is 25.4 Å². The summed E-state index contributed by atoms with van der Waals surface area (Å²) in [5.74, 6) is 0.183. The molecular formula is C18H21BrN2OS. The molecular weight excluding hydrogens is 372 g/mol. The zero-order valence-corrected chi connectivity index (χ0v) is 15.6. The number of likely N-dealkylation sites (tertiary alicyclic amines) is 1. The molecule has 23 heavy (non-hydrogen) atoms.